The number of likely N-dealkylation sites (tertiary alicyclic amines) is 1. The molecule has 0 spiro atoms. The molecule has 0 amide bonds. The van der Waals surface area contributed by atoms with Crippen LogP contribution in [-0.2, 0) is 6.54 Å². The molecule has 1 saturated heterocycles. The molecule has 2 aromatic carbocycles. The van der Waals surface area contributed by atoms with E-state index in [9.17, 15) is 0 Å². The van der Waals surface area contributed by atoms with Crippen molar-refractivity contribution in [1.82, 2.24) is 4.90 Å². The Balaban J connectivity index is 1.61. The first-order valence-electron chi connectivity index (χ1n) is 8.18. The van der Waals surface area contributed by atoms with Crippen LogP contribution in [0, 0.1) is 5.92 Å². The molecule has 0 saturated carbocycles. The van der Waals surface area contributed by atoms with Gasteiger partial charge in [0.25, 0.3) is 0 Å². The topological polar surface area (TPSA) is 38.5 Å². The highest BCUT2D eigenvalue weighted by molar-refractivity contribution is 6.32. The molecule has 3 nitrogen and oxygen atoms in total. The Labute approximate surface area is 143 Å². The van der Waals surface area contributed by atoms with E-state index in [0.717, 1.165) is 31.9 Å². The van der Waals surface area contributed by atoms with Crippen molar-refractivity contribution in [1.29, 1.82) is 0 Å². The summed E-state index contributed by atoms with van der Waals surface area (Å²) >= 11 is 6.38. The zero-order valence-electron chi connectivity index (χ0n) is 13.2. The minimum absolute atomic E-state index is 0.656. The van der Waals surface area contributed by atoms with Gasteiger partial charge >= 0.3 is 0 Å². The van der Waals surface area contributed by atoms with Crippen LogP contribution in [0.4, 0.5) is 0 Å². The molecule has 0 bridgehead atoms. The van der Waals surface area contributed by atoms with E-state index in [1.807, 2.05) is 42.5 Å². The molecule has 0 unspecified atom stereocenters. The van der Waals surface area contributed by atoms with Gasteiger partial charge in [0, 0.05) is 6.54 Å². The second kappa shape index (κ2) is 7.82. The number of para-hydroxylation sites is 1. The average Bonchev–Trinajstić information content (AvgIpc) is 2.59. The summed E-state index contributed by atoms with van der Waals surface area (Å²) in [7, 11) is 0. The van der Waals surface area contributed by atoms with Gasteiger partial charge in [-0.2, -0.15) is 0 Å². The summed E-state index contributed by atoms with van der Waals surface area (Å²) in [4.78, 5) is 2.47. The number of halogens is 1. The molecule has 23 heavy (non-hydrogen) atoms. The van der Waals surface area contributed by atoms with E-state index in [0.29, 0.717) is 16.7 Å². The van der Waals surface area contributed by atoms with Crippen LogP contribution in [-0.4, -0.2) is 24.5 Å². The first kappa shape index (κ1) is 16.3. The van der Waals surface area contributed by atoms with E-state index < -0.39 is 0 Å². The van der Waals surface area contributed by atoms with E-state index in [2.05, 4.69) is 11.0 Å². The monoisotopic (exact) mass is 330 g/mol. The van der Waals surface area contributed by atoms with E-state index in [-0.39, 0.29) is 0 Å². The van der Waals surface area contributed by atoms with E-state index in [4.69, 9.17) is 22.1 Å². The number of nitrogens with two attached hydrogens (primary N) is 1. The summed E-state index contributed by atoms with van der Waals surface area (Å²) in [6.45, 7) is 3.97. The third-order valence-corrected chi connectivity index (χ3v) is 4.71. The van der Waals surface area contributed by atoms with E-state index in [1.54, 1.807) is 0 Å². The normalized spacial score (nSPS) is 16.4. The fourth-order valence-corrected chi connectivity index (χ4v) is 3.22. The lowest BCUT2D eigenvalue weighted by Gasteiger charge is -2.31. The van der Waals surface area contributed by atoms with Gasteiger partial charge < -0.3 is 10.5 Å². The predicted molar refractivity (Wildman–Crippen MR) is 95.0 cm³/mol. The first-order valence-corrected chi connectivity index (χ1v) is 8.56. The molecular weight excluding hydrogens is 308 g/mol. The van der Waals surface area contributed by atoms with E-state index in [1.165, 1.54) is 18.4 Å². The number of rotatable bonds is 5. The maximum absolute atomic E-state index is 6.38. The minimum Gasteiger partial charge on any atom is -0.456 e. The summed E-state index contributed by atoms with van der Waals surface area (Å²) in [6, 6.07) is 15.8. The second-order valence-corrected chi connectivity index (χ2v) is 6.54. The quantitative estimate of drug-likeness (QED) is 0.888. The van der Waals surface area contributed by atoms with Crippen molar-refractivity contribution in [3.63, 3.8) is 0 Å². The molecule has 2 aromatic rings. The van der Waals surface area contributed by atoms with Crippen molar-refractivity contribution in [2.45, 2.75) is 19.4 Å². The first-order chi connectivity index (χ1) is 11.2. The third kappa shape index (κ3) is 4.47. The number of ether oxygens (including phenoxy) is 1. The Kier molecular flexibility index (Phi) is 5.55. The summed E-state index contributed by atoms with van der Waals surface area (Å²) in [5.41, 5.74) is 6.97. The average molecular weight is 331 g/mol. The number of benzene rings is 2. The maximum Gasteiger partial charge on any atom is 0.146 e. The SMILES string of the molecule is NCC1CCN(Cc2ccc(Oc3ccccc3)c(Cl)c2)CC1. The number of nitrogens with zero attached hydrogens (tertiary/aromatic N) is 1. The van der Waals surface area contributed by atoms with Gasteiger partial charge in [-0.05, 0) is 68.2 Å². The zero-order chi connectivity index (χ0) is 16.1. The molecular formula is C19H23ClN2O. The molecule has 1 aliphatic rings. The van der Waals surface area contributed by atoms with Gasteiger partial charge in [-0.25, -0.2) is 0 Å². The second-order valence-electron chi connectivity index (χ2n) is 6.14. The van der Waals surface area contributed by atoms with Gasteiger partial charge in [-0.1, -0.05) is 35.9 Å². The van der Waals surface area contributed by atoms with Crippen LogP contribution in [0.15, 0.2) is 48.5 Å². The van der Waals surface area contributed by atoms with Crippen LogP contribution in [0.3, 0.4) is 0 Å². The van der Waals surface area contributed by atoms with Crippen molar-refractivity contribution in [3.8, 4) is 11.5 Å². The summed E-state index contributed by atoms with van der Waals surface area (Å²) in [5.74, 6) is 2.19. The Morgan fingerprint density at radius 2 is 1.83 bits per heavy atom. The molecule has 0 atom stereocenters. The van der Waals surface area contributed by atoms with Crippen molar-refractivity contribution in [2.24, 2.45) is 11.7 Å². The van der Waals surface area contributed by atoms with Crippen molar-refractivity contribution in [2.75, 3.05) is 19.6 Å². The van der Waals surface area contributed by atoms with Crippen LogP contribution in [0.2, 0.25) is 5.02 Å². The van der Waals surface area contributed by atoms with Crippen LogP contribution in [0.5, 0.6) is 11.5 Å². The number of piperidine rings is 1. The third-order valence-electron chi connectivity index (χ3n) is 4.41. The Morgan fingerprint density at radius 1 is 1.09 bits per heavy atom. The lowest BCUT2D eigenvalue weighted by Crippen LogP contribution is -2.35. The van der Waals surface area contributed by atoms with E-state index >= 15 is 0 Å². The van der Waals surface area contributed by atoms with Crippen LogP contribution in [0.25, 0.3) is 0 Å². The van der Waals surface area contributed by atoms with Crippen molar-refractivity contribution >= 4 is 11.6 Å². The van der Waals surface area contributed by atoms with Crippen molar-refractivity contribution in [3.05, 3.63) is 59.1 Å². The molecule has 0 radical (unpaired) electrons. The predicted octanol–water partition coefficient (Wildman–Crippen LogP) is 4.30. The maximum atomic E-state index is 6.38. The molecule has 0 aromatic heterocycles. The van der Waals surface area contributed by atoms with Crippen LogP contribution in [0.1, 0.15) is 18.4 Å². The highest BCUT2D eigenvalue weighted by Crippen LogP contribution is 2.30. The van der Waals surface area contributed by atoms with Crippen LogP contribution >= 0.6 is 11.6 Å². The lowest BCUT2D eigenvalue weighted by molar-refractivity contribution is 0.180. The van der Waals surface area contributed by atoms with Gasteiger partial charge in [0.2, 0.25) is 0 Å². The minimum atomic E-state index is 0.656. The molecule has 1 fully saturated rings. The number of hydrogen-bond acceptors (Lipinski definition) is 3. The van der Waals surface area contributed by atoms with Gasteiger partial charge in [-0.15, -0.1) is 0 Å². The molecule has 3 rings (SSSR count). The number of hydrogen-bond donors (Lipinski definition) is 1. The fraction of sp³-hybridized carbons (Fsp3) is 0.368. The Bertz CT molecular complexity index is 625. The molecule has 122 valence electrons. The zero-order valence-corrected chi connectivity index (χ0v) is 14.0. The van der Waals surface area contributed by atoms with Gasteiger partial charge in [-0.3, -0.25) is 4.90 Å². The summed E-state index contributed by atoms with van der Waals surface area (Å²) in [5, 5.41) is 0.656. The highest BCUT2D eigenvalue weighted by atomic mass is 35.5. The molecule has 1 aliphatic heterocycles. The van der Waals surface area contributed by atoms with Crippen LogP contribution < -0.4 is 10.5 Å². The van der Waals surface area contributed by atoms with Gasteiger partial charge in [0.05, 0.1) is 5.02 Å². The molecule has 4 heteroatoms. The molecule has 1 heterocycles. The summed E-state index contributed by atoms with van der Waals surface area (Å²) in [6.07, 6.45) is 2.39. The Hall–Kier alpha value is -1.55. The van der Waals surface area contributed by atoms with Crippen molar-refractivity contribution < 1.29 is 4.74 Å². The largest absolute Gasteiger partial charge is 0.456 e. The highest BCUT2D eigenvalue weighted by Gasteiger charge is 2.18. The summed E-state index contributed by atoms with van der Waals surface area (Å²) < 4.78 is 5.82. The molecule has 2 N–H and O–H groups in total. The lowest BCUT2D eigenvalue weighted by atomic mass is 9.97. The van der Waals surface area contributed by atoms with Gasteiger partial charge in [0.15, 0.2) is 0 Å². The Morgan fingerprint density at radius 3 is 2.48 bits per heavy atom. The molecule has 0 aliphatic carbocycles. The van der Waals surface area contributed by atoms with Gasteiger partial charge in [0.1, 0.15) is 11.5 Å². The smallest absolute Gasteiger partial charge is 0.146 e. The standard InChI is InChI=1S/C19H23ClN2O/c20-18-12-16(14-22-10-8-15(13-21)9-11-22)6-7-19(18)23-17-4-2-1-3-5-17/h1-7,12,15H,8-11,13-14,21H2. The fourth-order valence-electron chi connectivity index (χ4n) is 2.98.